The van der Waals surface area contributed by atoms with Gasteiger partial charge in [-0.05, 0) is 31.4 Å². The summed E-state index contributed by atoms with van der Waals surface area (Å²) in [6, 6.07) is 0. The summed E-state index contributed by atoms with van der Waals surface area (Å²) >= 11 is 0. The highest BCUT2D eigenvalue weighted by molar-refractivity contribution is 5.91. The van der Waals surface area contributed by atoms with Crippen LogP contribution in [0.5, 0.6) is 0 Å². The third kappa shape index (κ3) is 6.62. The molecule has 2 saturated heterocycles. The number of piperazine rings is 1. The highest BCUT2D eigenvalue weighted by atomic mass is 16.7. The molecule has 0 aliphatic carbocycles. The van der Waals surface area contributed by atoms with Crippen LogP contribution in [0.3, 0.4) is 0 Å². The van der Waals surface area contributed by atoms with Gasteiger partial charge in [-0.2, -0.15) is 0 Å². The van der Waals surface area contributed by atoms with Gasteiger partial charge in [0.2, 0.25) is 6.79 Å². The Morgan fingerprint density at radius 1 is 1.27 bits per heavy atom. The Kier molecular flexibility index (Phi) is 8.80. The monoisotopic (exact) mass is 420 g/mol. The van der Waals surface area contributed by atoms with Gasteiger partial charge in [0.15, 0.2) is 23.6 Å². The lowest BCUT2D eigenvalue weighted by molar-refractivity contribution is -0.152. The first-order valence-corrected chi connectivity index (χ1v) is 10.6. The van der Waals surface area contributed by atoms with Crippen molar-refractivity contribution in [1.82, 2.24) is 9.80 Å². The molecule has 3 aliphatic rings. The molecule has 0 spiro atoms. The number of nitrogens with zero attached hydrogens (tertiary/aromatic N) is 2. The molecule has 0 bridgehead atoms. The van der Waals surface area contributed by atoms with E-state index in [4.69, 9.17) is 24.1 Å². The van der Waals surface area contributed by atoms with Gasteiger partial charge in [0.1, 0.15) is 0 Å². The average molecular weight is 421 g/mol. The van der Waals surface area contributed by atoms with E-state index in [9.17, 15) is 4.79 Å². The van der Waals surface area contributed by atoms with Gasteiger partial charge in [0, 0.05) is 45.8 Å². The van der Waals surface area contributed by atoms with E-state index >= 15 is 0 Å². The predicted octanol–water partition coefficient (Wildman–Crippen LogP) is 1.90. The fourth-order valence-electron chi connectivity index (χ4n) is 3.39. The van der Waals surface area contributed by atoms with Crippen molar-refractivity contribution < 1.29 is 28.8 Å². The second kappa shape index (κ2) is 11.8. The lowest BCUT2D eigenvalue weighted by Gasteiger charge is -2.35. The number of amides is 1. The molecule has 3 aliphatic heterocycles. The van der Waals surface area contributed by atoms with Gasteiger partial charge in [-0.25, -0.2) is 0 Å². The van der Waals surface area contributed by atoms with Crippen LogP contribution in [0, 0.1) is 0 Å². The quantitative estimate of drug-likeness (QED) is 0.571. The van der Waals surface area contributed by atoms with Crippen LogP contribution in [0.15, 0.2) is 48.2 Å². The van der Waals surface area contributed by atoms with Crippen LogP contribution < -0.4 is 0 Å². The van der Waals surface area contributed by atoms with Crippen LogP contribution in [-0.2, 0) is 23.7 Å². The number of carbonyl (C=O) groups is 1. The van der Waals surface area contributed by atoms with Gasteiger partial charge in [-0.15, -0.1) is 0 Å². The lowest BCUT2D eigenvalue weighted by atomic mass is 10.2. The van der Waals surface area contributed by atoms with Crippen molar-refractivity contribution in [3.05, 3.63) is 48.2 Å². The molecule has 0 unspecified atom stereocenters. The van der Waals surface area contributed by atoms with Gasteiger partial charge < -0.3 is 29.0 Å². The molecule has 8 nitrogen and oxygen atoms in total. The highest BCUT2D eigenvalue weighted by Crippen LogP contribution is 2.21. The average Bonchev–Trinajstić information content (AvgIpc) is 3.19. The van der Waals surface area contributed by atoms with Gasteiger partial charge in [0.05, 0.1) is 6.61 Å². The Hall–Kier alpha value is -2.29. The molecule has 0 saturated carbocycles. The van der Waals surface area contributed by atoms with E-state index in [1.807, 2.05) is 23.1 Å². The lowest BCUT2D eigenvalue weighted by Crippen LogP contribution is -2.49. The first-order valence-electron chi connectivity index (χ1n) is 10.6. The van der Waals surface area contributed by atoms with Gasteiger partial charge >= 0.3 is 0 Å². The van der Waals surface area contributed by atoms with Crippen molar-refractivity contribution in [2.75, 3.05) is 52.7 Å². The number of ether oxygens (including phenoxy) is 4. The Bertz CT molecular complexity index is 679. The molecule has 1 amide bonds. The van der Waals surface area contributed by atoms with Crippen molar-refractivity contribution in [2.45, 2.75) is 32.0 Å². The summed E-state index contributed by atoms with van der Waals surface area (Å²) in [5, 5.41) is 8.83. The smallest absolute Gasteiger partial charge is 0.288 e. The van der Waals surface area contributed by atoms with Crippen LogP contribution in [0.25, 0.3) is 0 Å². The van der Waals surface area contributed by atoms with Crippen molar-refractivity contribution in [2.24, 2.45) is 0 Å². The maximum Gasteiger partial charge on any atom is 0.288 e. The number of rotatable bonds is 9. The van der Waals surface area contributed by atoms with Crippen LogP contribution in [0.4, 0.5) is 0 Å². The van der Waals surface area contributed by atoms with E-state index in [1.54, 1.807) is 0 Å². The topological polar surface area (TPSA) is 80.7 Å². The summed E-state index contributed by atoms with van der Waals surface area (Å²) in [5.74, 6) is 1.56. The summed E-state index contributed by atoms with van der Waals surface area (Å²) in [5.41, 5.74) is 0. The molecule has 1 N–H and O–H groups in total. The number of unbranched alkanes of at least 4 members (excludes halogenated alkanes) is 1. The summed E-state index contributed by atoms with van der Waals surface area (Å²) in [6.07, 6.45) is 10.3. The molecule has 0 radical (unpaired) electrons. The van der Waals surface area contributed by atoms with Crippen LogP contribution >= 0.6 is 0 Å². The van der Waals surface area contributed by atoms with Crippen LogP contribution in [-0.4, -0.2) is 79.8 Å². The first-order chi connectivity index (χ1) is 14.7. The standard InChI is InChI=1S/C22H32N2O6/c1-18-19(29-17-28-18)7-2-3-10-23-11-13-24(14-12-23)22(26)20-8-6-9-21(30-20)27-16-5-4-15-25/h2-3,7-8,21,25H,1,4-6,9-17H2/b3-2+,19-7+/t21-/m0/s1. The number of hydrogen-bond donors (Lipinski definition) is 1. The molecule has 3 rings (SSSR count). The molecule has 3 heterocycles. The van der Waals surface area contributed by atoms with E-state index in [2.05, 4.69) is 17.6 Å². The molecular weight excluding hydrogens is 388 g/mol. The van der Waals surface area contributed by atoms with Gasteiger partial charge in [-0.3, -0.25) is 9.69 Å². The third-order valence-electron chi connectivity index (χ3n) is 5.19. The molecule has 166 valence electrons. The normalized spacial score (nSPS) is 24.0. The molecule has 0 aromatic heterocycles. The summed E-state index contributed by atoms with van der Waals surface area (Å²) in [7, 11) is 0. The van der Waals surface area contributed by atoms with Gasteiger partial charge in [0.25, 0.3) is 5.91 Å². The summed E-state index contributed by atoms with van der Waals surface area (Å²) in [6.45, 7) is 8.46. The summed E-state index contributed by atoms with van der Waals surface area (Å²) in [4.78, 5) is 16.9. The largest absolute Gasteiger partial charge is 0.459 e. The number of allylic oxidation sites excluding steroid dienone is 3. The van der Waals surface area contributed by atoms with E-state index in [0.717, 1.165) is 38.9 Å². The molecule has 8 heteroatoms. The Labute approximate surface area is 178 Å². The number of carbonyl (C=O) groups excluding carboxylic acids is 1. The van der Waals surface area contributed by atoms with E-state index in [0.29, 0.717) is 43.4 Å². The SMILES string of the molecule is C=C1OCO/C1=C/C=C/CN1CCN(C(=O)C2=CCC[C@@H](OCCCCO)O2)CC1. The molecule has 1 atom stereocenters. The number of hydrogen-bond acceptors (Lipinski definition) is 7. The van der Waals surface area contributed by atoms with Crippen molar-refractivity contribution >= 4 is 5.91 Å². The fourth-order valence-corrected chi connectivity index (χ4v) is 3.39. The second-order valence-electron chi connectivity index (χ2n) is 7.38. The van der Waals surface area contributed by atoms with Crippen LogP contribution in [0.1, 0.15) is 25.7 Å². The zero-order chi connectivity index (χ0) is 21.2. The Balaban J connectivity index is 1.37. The Morgan fingerprint density at radius 2 is 2.10 bits per heavy atom. The minimum absolute atomic E-state index is 0.0597. The zero-order valence-corrected chi connectivity index (χ0v) is 17.5. The van der Waals surface area contributed by atoms with E-state index in [1.165, 1.54) is 0 Å². The number of aliphatic hydroxyl groups is 1. The first kappa shape index (κ1) is 22.4. The molecular formula is C22H32N2O6. The fraction of sp³-hybridized carbons (Fsp3) is 0.591. The number of aliphatic hydroxyl groups excluding tert-OH is 1. The second-order valence-corrected chi connectivity index (χ2v) is 7.38. The highest BCUT2D eigenvalue weighted by Gasteiger charge is 2.28. The minimum atomic E-state index is -0.376. The van der Waals surface area contributed by atoms with Crippen molar-refractivity contribution in [1.29, 1.82) is 0 Å². The molecule has 2 fully saturated rings. The maximum atomic E-state index is 12.8. The van der Waals surface area contributed by atoms with Crippen molar-refractivity contribution in [3.8, 4) is 0 Å². The van der Waals surface area contributed by atoms with Gasteiger partial charge in [-0.1, -0.05) is 18.7 Å². The third-order valence-corrected chi connectivity index (χ3v) is 5.19. The molecule has 0 aromatic carbocycles. The predicted molar refractivity (Wildman–Crippen MR) is 111 cm³/mol. The van der Waals surface area contributed by atoms with Crippen LogP contribution in [0.2, 0.25) is 0 Å². The maximum absolute atomic E-state index is 12.8. The van der Waals surface area contributed by atoms with Crippen molar-refractivity contribution in [3.63, 3.8) is 0 Å². The zero-order valence-electron chi connectivity index (χ0n) is 17.5. The van der Waals surface area contributed by atoms with E-state index in [-0.39, 0.29) is 25.6 Å². The van der Waals surface area contributed by atoms with E-state index < -0.39 is 0 Å². The minimum Gasteiger partial charge on any atom is -0.459 e. The molecule has 30 heavy (non-hydrogen) atoms. The Morgan fingerprint density at radius 3 is 2.83 bits per heavy atom. The molecule has 0 aromatic rings. The summed E-state index contributed by atoms with van der Waals surface area (Å²) < 4.78 is 21.9.